The molecule has 4 rings (SSSR count). The molecule has 1 fully saturated rings. The average Bonchev–Trinajstić information content (AvgIpc) is 3.26. The zero-order valence-electron chi connectivity index (χ0n) is 18.7. The predicted molar refractivity (Wildman–Crippen MR) is 137 cm³/mol. The number of fused-ring (bicyclic) bond motifs is 1. The van der Waals surface area contributed by atoms with Gasteiger partial charge in [-0.2, -0.15) is 0 Å². The van der Waals surface area contributed by atoms with Gasteiger partial charge in [-0.25, -0.2) is 9.97 Å². The summed E-state index contributed by atoms with van der Waals surface area (Å²) in [6.45, 7) is 3.61. The Labute approximate surface area is 213 Å². The van der Waals surface area contributed by atoms with Crippen molar-refractivity contribution in [2.24, 2.45) is 0 Å². The Balaban J connectivity index is 1.68. The van der Waals surface area contributed by atoms with Gasteiger partial charge in [0.25, 0.3) is 0 Å². The monoisotopic (exact) mass is 522 g/mol. The number of hydrogen-bond acceptors (Lipinski definition) is 7. The third kappa shape index (κ3) is 4.90. The Morgan fingerprint density at radius 1 is 1.09 bits per heavy atom. The number of ether oxygens (including phenoxy) is 2. The van der Waals surface area contributed by atoms with Gasteiger partial charge in [0, 0.05) is 35.3 Å². The summed E-state index contributed by atoms with van der Waals surface area (Å²) in [5.41, 5.74) is 1.83. The second-order valence-electron chi connectivity index (χ2n) is 8.01. The summed E-state index contributed by atoms with van der Waals surface area (Å²) in [4.78, 5) is 9.12. The van der Waals surface area contributed by atoms with Crippen LogP contribution in [0.15, 0.2) is 37.1 Å². The minimum Gasteiger partial charge on any atom is -0.495 e. The average molecular weight is 524 g/mol. The zero-order valence-corrected chi connectivity index (χ0v) is 21.0. The van der Waals surface area contributed by atoms with Gasteiger partial charge in [-0.05, 0) is 43.0 Å². The van der Waals surface area contributed by atoms with Crippen LogP contribution in [0.5, 0.6) is 11.5 Å². The van der Waals surface area contributed by atoms with Gasteiger partial charge >= 0.3 is 0 Å². The lowest BCUT2D eigenvalue weighted by atomic mass is 10.0. The maximum Gasteiger partial charge on any atom is 0.223 e. The Kier molecular flexibility index (Phi) is 7.70. The molecular formula is C24H25Cl3N4O3. The number of aliphatic hydroxyl groups is 1. The highest BCUT2D eigenvalue weighted by Gasteiger charge is 2.29. The number of hydrogen-bond donors (Lipinski definition) is 3. The predicted octanol–water partition coefficient (Wildman–Crippen LogP) is 5.70. The van der Waals surface area contributed by atoms with E-state index in [1.807, 2.05) is 6.07 Å². The number of methoxy groups -OCH3 is 2. The van der Waals surface area contributed by atoms with Crippen LogP contribution < -0.4 is 20.1 Å². The van der Waals surface area contributed by atoms with Crippen LogP contribution in [0.25, 0.3) is 22.0 Å². The molecule has 0 aliphatic heterocycles. The molecule has 0 radical (unpaired) electrons. The van der Waals surface area contributed by atoms with E-state index < -0.39 is 6.23 Å². The summed E-state index contributed by atoms with van der Waals surface area (Å²) in [6.07, 6.45) is 5.32. The SMILES string of the molecule is C=CC(O)NC1CCCC1Nc1ncc2cc(-c3c(Cl)c(OC)cc(OC)c3Cl)cc(Cl)c2n1. The summed E-state index contributed by atoms with van der Waals surface area (Å²) in [5, 5.41) is 18.2. The molecule has 1 aliphatic rings. The van der Waals surface area contributed by atoms with Gasteiger partial charge in [0.15, 0.2) is 0 Å². The highest BCUT2D eigenvalue weighted by Crippen LogP contribution is 2.47. The van der Waals surface area contributed by atoms with Gasteiger partial charge in [-0.3, -0.25) is 5.32 Å². The normalized spacial score (nSPS) is 18.6. The van der Waals surface area contributed by atoms with Gasteiger partial charge in [0.2, 0.25) is 5.95 Å². The van der Waals surface area contributed by atoms with Crippen molar-refractivity contribution in [3.8, 4) is 22.6 Å². The van der Waals surface area contributed by atoms with Crippen LogP contribution in [0.3, 0.4) is 0 Å². The standard InChI is InChI=1S/C24H25Cl3N4O3/c1-4-19(32)29-15-6-5-7-16(15)30-24-28-11-13-8-12(9-14(25)23(13)31-24)20-21(26)17(33-2)10-18(34-3)22(20)27/h4,8-11,15-16,19,29,32H,1,5-7H2,2-3H3,(H,28,30,31). The van der Waals surface area contributed by atoms with Crippen LogP contribution in [-0.2, 0) is 0 Å². The van der Waals surface area contributed by atoms with Crippen LogP contribution in [0.4, 0.5) is 5.95 Å². The molecule has 3 N–H and O–H groups in total. The lowest BCUT2D eigenvalue weighted by Crippen LogP contribution is -2.44. The number of benzene rings is 2. The first-order chi connectivity index (χ1) is 16.4. The molecule has 3 aromatic rings. The van der Waals surface area contributed by atoms with Crippen molar-refractivity contribution in [1.29, 1.82) is 0 Å². The number of aliphatic hydroxyl groups excluding tert-OH is 1. The summed E-state index contributed by atoms with van der Waals surface area (Å²) in [6, 6.07) is 5.42. The quantitative estimate of drug-likeness (QED) is 0.258. The van der Waals surface area contributed by atoms with Gasteiger partial charge < -0.3 is 19.9 Å². The van der Waals surface area contributed by atoms with Gasteiger partial charge in [0.1, 0.15) is 17.7 Å². The zero-order chi connectivity index (χ0) is 24.4. The second-order valence-corrected chi connectivity index (χ2v) is 9.17. The molecular weight excluding hydrogens is 499 g/mol. The van der Waals surface area contributed by atoms with E-state index in [0.29, 0.717) is 49.2 Å². The van der Waals surface area contributed by atoms with Crippen molar-refractivity contribution in [3.63, 3.8) is 0 Å². The number of halogens is 3. The lowest BCUT2D eigenvalue weighted by Gasteiger charge is -2.24. The molecule has 10 heteroatoms. The second kappa shape index (κ2) is 10.5. The summed E-state index contributed by atoms with van der Waals surface area (Å²) < 4.78 is 10.8. The first-order valence-electron chi connectivity index (χ1n) is 10.8. The molecule has 7 nitrogen and oxygen atoms in total. The first kappa shape index (κ1) is 24.8. The number of aromatic nitrogens is 2. The summed E-state index contributed by atoms with van der Waals surface area (Å²) in [7, 11) is 3.05. The van der Waals surface area contributed by atoms with Crippen LogP contribution in [-0.4, -0.2) is 47.6 Å². The molecule has 0 spiro atoms. The minimum absolute atomic E-state index is 0.0759. The van der Waals surface area contributed by atoms with E-state index in [0.717, 1.165) is 24.6 Å². The number of anilines is 1. The van der Waals surface area contributed by atoms with E-state index in [9.17, 15) is 5.11 Å². The first-order valence-corrected chi connectivity index (χ1v) is 11.9. The molecule has 3 unspecified atom stereocenters. The number of rotatable bonds is 8. The Bertz CT molecular complexity index is 1200. The van der Waals surface area contributed by atoms with Gasteiger partial charge in [-0.1, -0.05) is 41.4 Å². The van der Waals surface area contributed by atoms with Crippen molar-refractivity contribution in [2.45, 2.75) is 37.6 Å². The van der Waals surface area contributed by atoms with Crippen molar-refractivity contribution >= 4 is 51.7 Å². The third-order valence-corrected chi connectivity index (χ3v) is 6.98. The highest BCUT2D eigenvalue weighted by atomic mass is 35.5. The molecule has 1 aromatic heterocycles. The maximum atomic E-state index is 9.86. The van der Waals surface area contributed by atoms with Crippen molar-refractivity contribution in [1.82, 2.24) is 15.3 Å². The van der Waals surface area contributed by atoms with Crippen molar-refractivity contribution in [3.05, 3.63) is 52.1 Å². The topological polar surface area (TPSA) is 88.5 Å². The lowest BCUT2D eigenvalue weighted by molar-refractivity contribution is 0.166. The fourth-order valence-corrected chi connectivity index (χ4v) is 5.23. The van der Waals surface area contributed by atoms with E-state index >= 15 is 0 Å². The van der Waals surface area contributed by atoms with E-state index in [1.165, 1.54) is 20.3 Å². The molecule has 34 heavy (non-hydrogen) atoms. The number of nitrogens with one attached hydrogen (secondary N) is 2. The van der Waals surface area contributed by atoms with E-state index in [-0.39, 0.29) is 12.1 Å². The molecule has 0 amide bonds. The van der Waals surface area contributed by atoms with Crippen LogP contribution in [0.1, 0.15) is 19.3 Å². The largest absolute Gasteiger partial charge is 0.495 e. The Morgan fingerprint density at radius 3 is 2.41 bits per heavy atom. The summed E-state index contributed by atoms with van der Waals surface area (Å²) >= 11 is 19.8. The van der Waals surface area contributed by atoms with Gasteiger partial charge in [-0.15, -0.1) is 0 Å². The summed E-state index contributed by atoms with van der Waals surface area (Å²) in [5.74, 6) is 1.34. The molecule has 3 atom stereocenters. The maximum absolute atomic E-state index is 9.86. The van der Waals surface area contributed by atoms with Crippen LogP contribution in [0, 0.1) is 0 Å². The van der Waals surface area contributed by atoms with Crippen molar-refractivity contribution < 1.29 is 14.6 Å². The van der Waals surface area contributed by atoms with Crippen molar-refractivity contribution in [2.75, 3.05) is 19.5 Å². The fourth-order valence-electron chi connectivity index (χ4n) is 4.24. The number of nitrogens with zero attached hydrogens (tertiary/aromatic N) is 2. The van der Waals surface area contributed by atoms with E-state index in [2.05, 4.69) is 27.2 Å². The molecule has 0 bridgehead atoms. The smallest absolute Gasteiger partial charge is 0.223 e. The molecule has 180 valence electrons. The molecule has 2 aromatic carbocycles. The minimum atomic E-state index is -0.758. The van der Waals surface area contributed by atoms with E-state index in [1.54, 1.807) is 18.3 Å². The van der Waals surface area contributed by atoms with Crippen LogP contribution in [0.2, 0.25) is 15.1 Å². The van der Waals surface area contributed by atoms with E-state index in [4.69, 9.17) is 44.3 Å². The third-order valence-electron chi connectivity index (χ3n) is 5.94. The van der Waals surface area contributed by atoms with Crippen LogP contribution >= 0.6 is 34.8 Å². The molecule has 1 saturated carbocycles. The molecule has 1 heterocycles. The Morgan fingerprint density at radius 2 is 1.76 bits per heavy atom. The van der Waals surface area contributed by atoms with Gasteiger partial charge in [0.05, 0.1) is 34.8 Å². The Hall–Kier alpha value is -2.29. The molecule has 1 aliphatic carbocycles. The fraction of sp³-hybridized carbons (Fsp3) is 0.333. The molecule has 0 saturated heterocycles. The highest BCUT2D eigenvalue weighted by molar-refractivity contribution is 6.41.